The van der Waals surface area contributed by atoms with Gasteiger partial charge in [-0.2, -0.15) is 0 Å². The van der Waals surface area contributed by atoms with Crippen LogP contribution in [0.2, 0.25) is 5.02 Å². The number of aliphatic hydroxyl groups is 1. The minimum Gasteiger partial charge on any atom is -0.393 e. The van der Waals surface area contributed by atoms with E-state index in [-0.39, 0.29) is 12.0 Å². The third-order valence-electron chi connectivity index (χ3n) is 4.29. The van der Waals surface area contributed by atoms with Crippen LogP contribution in [0.4, 0.5) is 5.69 Å². The summed E-state index contributed by atoms with van der Waals surface area (Å²) in [7, 11) is 0. The fourth-order valence-electron chi connectivity index (χ4n) is 3.00. The minimum absolute atomic E-state index is 0.0265. The molecule has 0 bridgehead atoms. The van der Waals surface area contributed by atoms with Crippen LogP contribution in [0.25, 0.3) is 0 Å². The number of halogens is 1. The number of hydrogen-bond acceptors (Lipinski definition) is 4. The lowest BCUT2D eigenvalue weighted by Crippen LogP contribution is -2.53. The van der Waals surface area contributed by atoms with E-state index in [4.69, 9.17) is 16.3 Å². The minimum atomic E-state index is -0.442. The Kier molecular flexibility index (Phi) is 4.86. The summed E-state index contributed by atoms with van der Waals surface area (Å²) in [6, 6.07) is 7.66. The standard InChI is InChI=1S/C16H21ClN2O3/c17-12-2-1-3-13(10-12)19-8-9-22-15(11-19)16(21)18-6-4-14(20)5-7-18/h1-3,10,14-15,20H,4-9,11H2/t15-/m1/s1. The van der Waals surface area contributed by atoms with Gasteiger partial charge < -0.3 is 19.6 Å². The van der Waals surface area contributed by atoms with Crippen LogP contribution in [0.15, 0.2) is 24.3 Å². The van der Waals surface area contributed by atoms with Gasteiger partial charge in [-0.15, -0.1) is 0 Å². The monoisotopic (exact) mass is 324 g/mol. The van der Waals surface area contributed by atoms with Gasteiger partial charge >= 0.3 is 0 Å². The predicted octanol–water partition coefficient (Wildman–Crippen LogP) is 1.53. The number of ether oxygens (including phenoxy) is 1. The second-order valence-corrected chi connectivity index (χ2v) is 6.28. The van der Waals surface area contributed by atoms with Gasteiger partial charge in [-0.05, 0) is 31.0 Å². The number of hydrogen-bond donors (Lipinski definition) is 1. The van der Waals surface area contributed by atoms with Gasteiger partial charge in [0.05, 0.1) is 19.3 Å². The van der Waals surface area contributed by atoms with E-state index in [2.05, 4.69) is 4.90 Å². The Labute approximate surface area is 135 Å². The van der Waals surface area contributed by atoms with Crippen LogP contribution in [0.5, 0.6) is 0 Å². The molecule has 2 aliphatic heterocycles. The van der Waals surface area contributed by atoms with Crippen LogP contribution in [0, 0.1) is 0 Å². The lowest BCUT2D eigenvalue weighted by molar-refractivity contribution is -0.146. The first-order valence-electron chi connectivity index (χ1n) is 7.72. The predicted molar refractivity (Wildman–Crippen MR) is 85.2 cm³/mol. The van der Waals surface area contributed by atoms with Crippen molar-refractivity contribution in [1.82, 2.24) is 4.90 Å². The lowest BCUT2D eigenvalue weighted by Gasteiger charge is -2.37. The average molecular weight is 325 g/mol. The Morgan fingerprint density at radius 2 is 2.05 bits per heavy atom. The van der Waals surface area contributed by atoms with E-state index < -0.39 is 6.10 Å². The highest BCUT2D eigenvalue weighted by atomic mass is 35.5. The molecule has 1 aromatic rings. The average Bonchev–Trinajstić information content (AvgIpc) is 2.55. The normalized spacial score (nSPS) is 23.6. The van der Waals surface area contributed by atoms with Crippen molar-refractivity contribution in [2.45, 2.75) is 25.0 Å². The summed E-state index contributed by atoms with van der Waals surface area (Å²) in [5.74, 6) is 0.0265. The number of nitrogens with zero attached hydrogens (tertiary/aromatic N) is 2. The summed E-state index contributed by atoms with van der Waals surface area (Å²) in [6.07, 6.45) is 0.578. The molecule has 0 spiro atoms. The van der Waals surface area contributed by atoms with E-state index >= 15 is 0 Å². The third-order valence-corrected chi connectivity index (χ3v) is 4.53. The molecular weight excluding hydrogens is 304 g/mol. The molecule has 2 fully saturated rings. The van der Waals surface area contributed by atoms with E-state index in [1.807, 2.05) is 24.3 Å². The molecule has 0 aromatic heterocycles. The molecule has 0 aliphatic carbocycles. The van der Waals surface area contributed by atoms with Crippen LogP contribution in [-0.4, -0.2) is 60.9 Å². The Morgan fingerprint density at radius 3 is 2.77 bits per heavy atom. The van der Waals surface area contributed by atoms with Crippen molar-refractivity contribution in [1.29, 1.82) is 0 Å². The van der Waals surface area contributed by atoms with Crippen molar-refractivity contribution in [2.75, 3.05) is 37.7 Å². The summed E-state index contributed by atoms with van der Waals surface area (Å²) in [6.45, 7) is 3.04. The van der Waals surface area contributed by atoms with Crippen molar-refractivity contribution in [3.05, 3.63) is 29.3 Å². The first kappa shape index (κ1) is 15.6. The Bertz CT molecular complexity index is 532. The van der Waals surface area contributed by atoms with E-state index in [0.717, 1.165) is 12.2 Å². The number of carbonyl (C=O) groups is 1. The fraction of sp³-hybridized carbons (Fsp3) is 0.562. The van der Waals surface area contributed by atoms with Gasteiger partial charge in [0.25, 0.3) is 5.91 Å². The molecule has 5 nitrogen and oxygen atoms in total. The second-order valence-electron chi connectivity index (χ2n) is 5.84. The maximum Gasteiger partial charge on any atom is 0.253 e. The van der Waals surface area contributed by atoms with Gasteiger partial charge in [-0.3, -0.25) is 4.79 Å². The van der Waals surface area contributed by atoms with Crippen LogP contribution in [0.1, 0.15) is 12.8 Å². The highest BCUT2D eigenvalue weighted by Gasteiger charge is 2.32. The van der Waals surface area contributed by atoms with Gasteiger partial charge in [-0.25, -0.2) is 0 Å². The first-order chi connectivity index (χ1) is 10.6. The maximum atomic E-state index is 12.6. The fourth-order valence-corrected chi connectivity index (χ4v) is 3.18. The van der Waals surface area contributed by atoms with Gasteiger partial charge in [0.2, 0.25) is 0 Å². The van der Waals surface area contributed by atoms with Crippen molar-refractivity contribution < 1.29 is 14.6 Å². The van der Waals surface area contributed by atoms with Gasteiger partial charge in [-0.1, -0.05) is 17.7 Å². The topological polar surface area (TPSA) is 53.0 Å². The summed E-state index contributed by atoms with van der Waals surface area (Å²) >= 11 is 6.04. The van der Waals surface area contributed by atoms with Crippen LogP contribution in [-0.2, 0) is 9.53 Å². The first-order valence-corrected chi connectivity index (χ1v) is 8.10. The Morgan fingerprint density at radius 1 is 1.27 bits per heavy atom. The van der Waals surface area contributed by atoms with E-state index in [9.17, 15) is 9.90 Å². The molecule has 1 atom stereocenters. The SMILES string of the molecule is O=C([C@H]1CN(c2cccc(Cl)c2)CCO1)N1CCC(O)CC1. The van der Waals surface area contributed by atoms with Gasteiger partial charge in [0.1, 0.15) is 0 Å². The lowest BCUT2D eigenvalue weighted by atomic mass is 10.1. The molecule has 0 unspecified atom stereocenters. The second kappa shape index (κ2) is 6.86. The number of piperidine rings is 1. The van der Waals surface area contributed by atoms with Crippen LogP contribution < -0.4 is 4.90 Å². The summed E-state index contributed by atoms with van der Waals surface area (Å²) in [4.78, 5) is 16.5. The molecule has 22 heavy (non-hydrogen) atoms. The molecule has 0 radical (unpaired) electrons. The third kappa shape index (κ3) is 3.54. The molecule has 2 heterocycles. The van der Waals surface area contributed by atoms with E-state index in [1.54, 1.807) is 4.90 Å². The zero-order valence-corrected chi connectivity index (χ0v) is 13.2. The highest BCUT2D eigenvalue weighted by molar-refractivity contribution is 6.30. The molecular formula is C16H21ClN2O3. The zero-order valence-electron chi connectivity index (χ0n) is 12.4. The number of likely N-dealkylation sites (tertiary alicyclic amines) is 1. The van der Waals surface area contributed by atoms with E-state index in [0.29, 0.717) is 44.1 Å². The summed E-state index contributed by atoms with van der Waals surface area (Å²) in [5.41, 5.74) is 1.02. The van der Waals surface area contributed by atoms with Crippen molar-refractivity contribution in [3.8, 4) is 0 Å². The Hall–Kier alpha value is -1.30. The number of amides is 1. The number of aliphatic hydroxyl groups excluding tert-OH is 1. The molecule has 1 N–H and O–H groups in total. The van der Waals surface area contributed by atoms with E-state index in [1.165, 1.54) is 0 Å². The van der Waals surface area contributed by atoms with Gasteiger partial charge in [0.15, 0.2) is 6.10 Å². The molecule has 120 valence electrons. The van der Waals surface area contributed by atoms with Crippen LogP contribution in [0.3, 0.4) is 0 Å². The largest absolute Gasteiger partial charge is 0.393 e. The summed E-state index contributed by atoms with van der Waals surface area (Å²) in [5, 5.41) is 10.2. The molecule has 3 rings (SSSR count). The highest BCUT2D eigenvalue weighted by Crippen LogP contribution is 2.22. The zero-order chi connectivity index (χ0) is 15.5. The smallest absolute Gasteiger partial charge is 0.253 e. The molecule has 1 amide bonds. The molecule has 6 heteroatoms. The van der Waals surface area contributed by atoms with Crippen molar-refractivity contribution in [3.63, 3.8) is 0 Å². The van der Waals surface area contributed by atoms with Crippen LogP contribution >= 0.6 is 11.6 Å². The quantitative estimate of drug-likeness (QED) is 0.896. The maximum absolute atomic E-state index is 12.6. The van der Waals surface area contributed by atoms with Crippen molar-refractivity contribution in [2.24, 2.45) is 0 Å². The van der Waals surface area contributed by atoms with Crippen molar-refractivity contribution >= 4 is 23.2 Å². The number of carbonyl (C=O) groups excluding carboxylic acids is 1. The molecule has 2 saturated heterocycles. The number of rotatable bonds is 2. The molecule has 2 aliphatic rings. The summed E-state index contributed by atoms with van der Waals surface area (Å²) < 4.78 is 5.67. The van der Waals surface area contributed by atoms with Gasteiger partial charge in [0, 0.05) is 30.3 Å². The number of morpholine rings is 1. The number of anilines is 1. The Balaban J connectivity index is 1.64. The molecule has 0 saturated carbocycles. The number of benzene rings is 1. The molecule has 1 aromatic carbocycles.